The summed E-state index contributed by atoms with van der Waals surface area (Å²) in [4.78, 5) is 0. The van der Waals surface area contributed by atoms with E-state index in [1.165, 1.54) is 32.1 Å². The summed E-state index contributed by atoms with van der Waals surface area (Å²) in [6, 6.07) is 3.74. The first-order chi connectivity index (χ1) is 9.20. The first-order valence-electron chi connectivity index (χ1n) is 7.67. The summed E-state index contributed by atoms with van der Waals surface area (Å²) in [7, 11) is 0. The van der Waals surface area contributed by atoms with Crippen molar-refractivity contribution in [3.05, 3.63) is 24.2 Å². The Morgan fingerprint density at radius 3 is 2.26 bits per heavy atom. The van der Waals surface area contributed by atoms with Crippen LogP contribution >= 0.6 is 0 Å². The molecule has 3 heteroatoms. The fourth-order valence-electron chi connectivity index (χ4n) is 5.63. The second-order valence-electron chi connectivity index (χ2n) is 7.06. The highest BCUT2D eigenvalue weighted by molar-refractivity contribution is 5.16. The highest BCUT2D eigenvalue weighted by Gasteiger charge is 2.56. The van der Waals surface area contributed by atoms with Crippen LogP contribution in [0, 0.1) is 29.6 Å². The zero-order valence-corrected chi connectivity index (χ0v) is 11.3. The summed E-state index contributed by atoms with van der Waals surface area (Å²) < 4.78 is 5.52. The summed E-state index contributed by atoms with van der Waals surface area (Å²) in [5, 5.41) is 11.2. The molecule has 4 saturated carbocycles. The van der Waals surface area contributed by atoms with Crippen LogP contribution in [0.2, 0.25) is 0 Å². The number of nitrogens with two attached hydrogens (primary N) is 1. The van der Waals surface area contributed by atoms with Crippen molar-refractivity contribution in [2.75, 3.05) is 6.54 Å². The lowest BCUT2D eigenvalue weighted by molar-refractivity contribution is -0.151. The van der Waals surface area contributed by atoms with Crippen molar-refractivity contribution >= 4 is 0 Å². The molecular formula is C16H23NO2. The number of rotatable bonds is 3. The highest BCUT2D eigenvalue weighted by Crippen LogP contribution is 2.60. The Kier molecular flexibility index (Phi) is 2.58. The number of hydrogen-bond donors (Lipinski definition) is 2. The van der Waals surface area contributed by atoms with Crippen molar-refractivity contribution in [3.8, 4) is 0 Å². The topological polar surface area (TPSA) is 59.4 Å². The summed E-state index contributed by atoms with van der Waals surface area (Å²) in [5.74, 6) is 4.10. The van der Waals surface area contributed by atoms with E-state index in [1.54, 1.807) is 6.26 Å². The summed E-state index contributed by atoms with van der Waals surface area (Å²) >= 11 is 0. The molecule has 0 aliphatic heterocycles. The standard InChI is InChI=1S/C16H23NO2/c17-9-16(18,14-2-1-3-19-14)15-12-5-10-4-11(7-12)8-13(15)6-10/h1-3,10-13,15,18H,4-9,17H2. The van der Waals surface area contributed by atoms with Crippen molar-refractivity contribution in [1.29, 1.82) is 0 Å². The van der Waals surface area contributed by atoms with E-state index in [-0.39, 0.29) is 6.54 Å². The molecule has 4 bridgehead atoms. The molecule has 3 N–H and O–H groups in total. The van der Waals surface area contributed by atoms with Crippen LogP contribution in [-0.2, 0) is 5.60 Å². The third kappa shape index (κ3) is 1.64. The molecule has 0 radical (unpaired) electrons. The van der Waals surface area contributed by atoms with Crippen molar-refractivity contribution in [2.24, 2.45) is 35.3 Å². The lowest BCUT2D eigenvalue weighted by Gasteiger charge is -2.58. The van der Waals surface area contributed by atoms with E-state index < -0.39 is 5.60 Å². The van der Waals surface area contributed by atoms with Gasteiger partial charge < -0.3 is 15.3 Å². The number of hydrogen-bond acceptors (Lipinski definition) is 3. The van der Waals surface area contributed by atoms with Crippen LogP contribution in [0.15, 0.2) is 22.8 Å². The maximum absolute atomic E-state index is 11.2. The molecule has 1 aromatic heterocycles. The predicted octanol–water partition coefficient (Wildman–Crippen LogP) is 2.50. The van der Waals surface area contributed by atoms with Gasteiger partial charge in [-0.25, -0.2) is 0 Å². The molecule has 0 saturated heterocycles. The molecule has 4 aliphatic carbocycles. The van der Waals surface area contributed by atoms with Gasteiger partial charge in [0.1, 0.15) is 11.4 Å². The van der Waals surface area contributed by atoms with Crippen molar-refractivity contribution in [2.45, 2.75) is 37.7 Å². The van der Waals surface area contributed by atoms with Crippen LogP contribution < -0.4 is 5.73 Å². The Morgan fingerprint density at radius 1 is 1.16 bits per heavy atom. The SMILES string of the molecule is NCC(O)(c1ccco1)C1C2CC3CC(C2)CC1C3. The summed E-state index contributed by atoms with van der Waals surface area (Å²) in [6.45, 7) is 0.271. The molecule has 3 nitrogen and oxygen atoms in total. The van der Waals surface area contributed by atoms with Gasteiger partial charge in [0.25, 0.3) is 0 Å². The van der Waals surface area contributed by atoms with Gasteiger partial charge in [-0.2, -0.15) is 0 Å². The third-order valence-electron chi connectivity index (χ3n) is 6.04. The molecule has 0 spiro atoms. The van der Waals surface area contributed by atoms with Gasteiger partial charge in [-0.3, -0.25) is 0 Å². The lowest BCUT2D eigenvalue weighted by Crippen LogP contribution is -2.56. The van der Waals surface area contributed by atoms with E-state index in [9.17, 15) is 5.11 Å². The zero-order valence-electron chi connectivity index (χ0n) is 11.3. The normalized spacial score (nSPS) is 43.4. The van der Waals surface area contributed by atoms with E-state index in [0.29, 0.717) is 23.5 Å². The van der Waals surface area contributed by atoms with Gasteiger partial charge in [0.05, 0.1) is 6.26 Å². The smallest absolute Gasteiger partial charge is 0.137 e. The highest BCUT2D eigenvalue weighted by atomic mass is 16.4. The summed E-state index contributed by atoms with van der Waals surface area (Å²) in [5.41, 5.74) is 5.02. The first-order valence-corrected chi connectivity index (χ1v) is 7.67. The fraction of sp³-hybridized carbons (Fsp3) is 0.750. The molecule has 1 unspecified atom stereocenters. The van der Waals surface area contributed by atoms with Crippen LogP contribution in [0.25, 0.3) is 0 Å². The van der Waals surface area contributed by atoms with E-state index in [4.69, 9.17) is 10.2 Å². The largest absolute Gasteiger partial charge is 0.466 e. The van der Waals surface area contributed by atoms with Gasteiger partial charge in [-0.05, 0) is 67.9 Å². The molecule has 0 amide bonds. The lowest BCUT2D eigenvalue weighted by atomic mass is 9.48. The third-order valence-corrected chi connectivity index (χ3v) is 6.04. The molecule has 5 rings (SSSR count). The molecule has 1 heterocycles. The summed E-state index contributed by atoms with van der Waals surface area (Å²) in [6.07, 6.45) is 8.25. The minimum absolute atomic E-state index is 0.271. The van der Waals surface area contributed by atoms with E-state index in [0.717, 1.165) is 11.8 Å². The van der Waals surface area contributed by atoms with Crippen molar-refractivity contribution < 1.29 is 9.52 Å². The van der Waals surface area contributed by atoms with E-state index in [1.807, 2.05) is 12.1 Å². The molecule has 4 fully saturated rings. The maximum Gasteiger partial charge on any atom is 0.137 e. The van der Waals surface area contributed by atoms with Crippen molar-refractivity contribution in [3.63, 3.8) is 0 Å². The average Bonchev–Trinajstić information content (AvgIpc) is 2.91. The van der Waals surface area contributed by atoms with Gasteiger partial charge in [0.15, 0.2) is 0 Å². The molecule has 4 aliphatic rings. The zero-order chi connectivity index (χ0) is 13.0. The minimum Gasteiger partial charge on any atom is -0.466 e. The predicted molar refractivity (Wildman–Crippen MR) is 72.2 cm³/mol. The van der Waals surface area contributed by atoms with E-state index >= 15 is 0 Å². The maximum atomic E-state index is 11.2. The van der Waals surface area contributed by atoms with Gasteiger partial charge in [-0.15, -0.1) is 0 Å². The number of furan rings is 1. The van der Waals surface area contributed by atoms with Crippen LogP contribution in [-0.4, -0.2) is 11.7 Å². The Balaban J connectivity index is 1.71. The molecule has 19 heavy (non-hydrogen) atoms. The Labute approximate surface area is 114 Å². The van der Waals surface area contributed by atoms with Crippen LogP contribution in [0.3, 0.4) is 0 Å². The fourth-order valence-corrected chi connectivity index (χ4v) is 5.63. The van der Waals surface area contributed by atoms with Gasteiger partial charge >= 0.3 is 0 Å². The number of aliphatic hydroxyl groups is 1. The van der Waals surface area contributed by atoms with Gasteiger partial charge in [-0.1, -0.05) is 0 Å². The second kappa shape index (κ2) is 4.10. The van der Waals surface area contributed by atoms with Crippen LogP contribution in [0.4, 0.5) is 0 Å². The molecule has 1 atom stereocenters. The van der Waals surface area contributed by atoms with Gasteiger partial charge in [0.2, 0.25) is 0 Å². The Bertz CT molecular complexity index is 427. The molecule has 1 aromatic rings. The average molecular weight is 261 g/mol. The van der Waals surface area contributed by atoms with Crippen LogP contribution in [0.1, 0.15) is 37.9 Å². The van der Waals surface area contributed by atoms with Gasteiger partial charge in [0, 0.05) is 12.5 Å². The monoisotopic (exact) mass is 261 g/mol. The molecule has 0 aromatic carbocycles. The minimum atomic E-state index is -0.952. The van der Waals surface area contributed by atoms with Crippen molar-refractivity contribution in [1.82, 2.24) is 0 Å². The quantitative estimate of drug-likeness (QED) is 0.879. The van der Waals surface area contributed by atoms with E-state index in [2.05, 4.69) is 0 Å². The second-order valence-corrected chi connectivity index (χ2v) is 7.06. The first kappa shape index (κ1) is 12.0. The van der Waals surface area contributed by atoms with Crippen LogP contribution in [0.5, 0.6) is 0 Å². The Morgan fingerprint density at radius 2 is 1.79 bits per heavy atom. The molecular weight excluding hydrogens is 238 g/mol. The Hall–Kier alpha value is -0.800. The molecule has 104 valence electrons.